The third-order valence-corrected chi connectivity index (χ3v) is 5.36. The van der Waals surface area contributed by atoms with Crippen molar-refractivity contribution >= 4 is 10.0 Å². The maximum absolute atomic E-state index is 13.7. The van der Waals surface area contributed by atoms with E-state index in [4.69, 9.17) is 0 Å². The van der Waals surface area contributed by atoms with E-state index in [9.17, 15) is 21.6 Å². The summed E-state index contributed by atoms with van der Waals surface area (Å²) < 4.78 is 66.1. The number of benzene rings is 1. The van der Waals surface area contributed by atoms with Crippen LogP contribution in [0.3, 0.4) is 0 Å². The van der Waals surface area contributed by atoms with Crippen LogP contribution in [-0.2, 0) is 10.0 Å². The van der Waals surface area contributed by atoms with E-state index in [0.717, 1.165) is 4.31 Å². The van der Waals surface area contributed by atoms with Crippen molar-refractivity contribution in [3.8, 4) is 0 Å². The summed E-state index contributed by atoms with van der Waals surface area (Å²) in [7, 11) is -4.34. The molecule has 0 saturated carbocycles. The van der Waals surface area contributed by atoms with Gasteiger partial charge in [-0.15, -0.1) is 0 Å². The summed E-state index contributed by atoms with van der Waals surface area (Å²) >= 11 is 0. The summed E-state index contributed by atoms with van der Waals surface area (Å²) in [6, 6.07) is 0.391. The summed E-state index contributed by atoms with van der Waals surface area (Å²) in [5, 5.41) is 3.00. The van der Waals surface area contributed by atoms with Crippen LogP contribution in [0, 0.1) is 17.5 Å². The Balaban J connectivity index is 2.48. The van der Waals surface area contributed by atoms with E-state index < -0.39 is 32.4 Å². The van der Waals surface area contributed by atoms with Crippen LogP contribution in [0.2, 0.25) is 0 Å². The van der Waals surface area contributed by atoms with E-state index in [1.54, 1.807) is 6.92 Å². The molecule has 0 bridgehead atoms. The van der Waals surface area contributed by atoms with Crippen LogP contribution in [0.4, 0.5) is 13.2 Å². The number of hydrogen-bond donors (Lipinski definition) is 1. The standard InChI is InChI=1S/C12H15F3N2O2S/c1-2-17(9-3-4-16-7-9)20(18,19)12-10(14)5-8(13)6-11(12)15/h5-6,9,16H,2-4,7H2,1H3. The molecule has 1 heterocycles. The zero-order chi connectivity index (χ0) is 14.9. The first-order valence-electron chi connectivity index (χ1n) is 6.25. The van der Waals surface area contributed by atoms with Crippen molar-refractivity contribution in [1.29, 1.82) is 0 Å². The third kappa shape index (κ3) is 2.68. The topological polar surface area (TPSA) is 49.4 Å². The molecule has 112 valence electrons. The SMILES string of the molecule is CCN(C1CCNC1)S(=O)(=O)c1c(F)cc(F)cc1F. The van der Waals surface area contributed by atoms with E-state index >= 15 is 0 Å². The van der Waals surface area contributed by atoms with Crippen LogP contribution in [-0.4, -0.2) is 38.4 Å². The van der Waals surface area contributed by atoms with E-state index in [-0.39, 0.29) is 12.6 Å². The van der Waals surface area contributed by atoms with Gasteiger partial charge in [0.05, 0.1) is 0 Å². The van der Waals surface area contributed by atoms with Crippen molar-refractivity contribution in [2.75, 3.05) is 19.6 Å². The first-order valence-corrected chi connectivity index (χ1v) is 7.69. The Morgan fingerprint density at radius 1 is 1.30 bits per heavy atom. The van der Waals surface area contributed by atoms with Gasteiger partial charge in [-0.3, -0.25) is 0 Å². The van der Waals surface area contributed by atoms with Crippen molar-refractivity contribution in [2.24, 2.45) is 0 Å². The molecule has 1 saturated heterocycles. The zero-order valence-corrected chi connectivity index (χ0v) is 11.7. The quantitative estimate of drug-likeness (QED) is 0.916. The van der Waals surface area contributed by atoms with Crippen molar-refractivity contribution in [1.82, 2.24) is 9.62 Å². The molecule has 20 heavy (non-hydrogen) atoms. The average Bonchev–Trinajstić information content (AvgIpc) is 2.80. The number of nitrogens with one attached hydrogen (secondary N) is 1. The molecule has 1 aromatic carbocycles. The van der Waals surface area contributed by atoms with Gasteiger partial charge < -0.3 is 5.32 Å². The molecule has 4 nitrogen and oxygen atoms in total. The highest BCUT2D eigenvalue weighted by molar-refractivity contribution is 7.89. The Morgan fingerprint density at radius 2 is 1.90 bits per heavy atom. The Labute approximate surface area is 115 Å². The molecule has 8 heteroatoms. The Hall–Kier alpha value is -1.12. The Bertz CT molecular complexity index is 578. The second-order valence-corrected chi connectivity index (χ2v) is 6.38. The van der Waals surface area contributed by atoms with E-state index in [1.807, 2.05) is 0 Å². The molecule has 0 radical (unpaired) electrons. The van der Waals surface area contributed by atoms with Crippen molar-refractivity contribution < 1.29 is 21.6 Å². The van der Waals surface area contributed by atoms with Gasteiger partial charge in [-0.25, -0.2) is 21.6 Å². The van der Waals surface area contributed by atoms with Gasteiger partial charge in [-0.05, 0) is 13.0 Å². The minimum absolute atomic E-state index is 0.0882. The first kappa shape index (κ1) is 15.3. The summed E-state index contributed by atoms with van der Waals surface area (Å²) in [5.74, 6) is -3.97. The van der Waals surface area contributed by atoms with Crippen LogP contribution < -0.4 is 5.32 Å². The van der Waals surface area contributed by atoms with Gasteiger partial charge in [-0.2, -0.15) is 4.31 Å². The minimum atomic E-state index is -4.34. The smallest absolute Gasteiger partial charge is 0.249 e. The molecular formula is C12H15F3N2O2S. The number of rotatable bonds is 4. The van der Waals surface area contributed by atoms with E-state index in [0.29, 0.717) is 31.6 Å². The van der Waals surface area contributed by atoms with Crippen LogP contribution >= 0.6 is 0 Å². The summed E-state index contributed by atoms with van der Waals surface area (Å²) in [4.78, 5) is -1.09. The third-order valence-electron chi connectivity index (χ3n) is 3.28. The second kappa shape index (κ2) is 5.71. The summed E-state index contributed by atoms with van der Waals surface area (Å²) in [6.07, 6.45) is 0.567. The van der Waals surface area contributed by atoms with Crippen molar-refractivity contribution in [3.05, 3.63) is 29.6 Å². The van der Waals surface area contributed by atoms with Gasteiger partial charge in [0.15, 0.2) is 4.90 Å². The molecular weight excluding hydrogens is 293 g/mol. The maximum atomic E-state index is 13.7. The fourth-order valence-electron chi connectivity index (χ4n) is 2.40. The van der Waals surface area contributed by atoms with Crippen molar-refractivity contribution in [2.45, 2.75) is 24.3 Å². The molecule has 0 aromatic heterocycles. The molecule has 1 aliphatic heterocycles. The molecule has 0 spiro atoms. The number of nitrogens with zero attached hydrogens (tertiary/aromatic N) is 1. The van der Waals surface area contributed by atoms with Crippen molar-refractivity contribution in [3.63, 3.8) is 0 Å². The lowest BCUT2D eigenvalue weighted by atomic mass is 10.3. The van der Waals surface area contributed by atoms with Crippen LogP contribution in [0.1, 0.15) is 13.3 Å². The Morgan fingerprint density at radius 3 is 2.35 bits per heavy atom. The number of hydrogen-bond acceptors (Lipinski definition) is 3. The molecule has 1 aromatic rings. The predicted molar refractivity (Wildman–Crippen MR) is 67.2 cm³/mol. The summed E-state index contributed by atoms with van der Waals surface area (Å²) in [5.41, 5.74) is 0. The molecule has 1 aliphatic rings. The monoisotopic (exact) mass is 308 g/mol. The van der Waals surface area contributed by atoms with Crippen LogP contribution in [0.15, 0.2) is 17.0 Å². The molecule has 1 atom stereocenters. The van der Waals surface area contributed by atoms with Gasteiger partial charge in [0.1, 0.15) is 17.5 Å². The zero-order valence-electron chi connectivity index (χ0n) is 10.9. The molecule has 1 fully saturated rings. The number of halogens is 3. The minimum Gasteiger partial charge on any atom is -0.315 e. The van der Waals surface area contributed by atoms with Crippen LogP contribution in [0.5, 0.6) is 0 Å². The number of likely N-dealkylation sites (N-methyl/N-ethyl adjacent to an activating group) is 1. The average molecular weight is 308 g/mol. The van der Waals surface area contributed by atoms with E-state index in [2.05, 4.69) is 5.32 Å². The lowest BCUT2D eigenvalue weighted by Gasteiger charge is -2.26. The molecule has 0 aliphatic carbocycles. The number of sulfonamides is 1. The lowest BCUT2D eigenvalue weighted by Crippen LogP contribution is -2.42. The maximum Gasteiger partial charge on any atom is 0.249 e. The highest BCUT2D eigenvalue weighted by atomic mass is 32.2. The second-order valence-electron chi connectivity index (χ2n) is 4.55. The van der Waals surface area contributed by atoms with Gasteiger partial charge in [0, 0.05) is 31.3 Å². The Kier molecular flexibility index (Phi) is 4.36. The normalized spacial score (nSPS) is 19.8. The predicted octanol–water partition coefficient (Wildman–Crippen LogP) is 1.48. The highest BCUT2D eigenvalue weighted by Gasteiger charge is 2.36. The molecule has 1 unspecified atom stereocenters. The largest absolute Gasteiger partial charge is 0.315 e. The van der Waals surface area contributed by atoms with E-state index in [1.165, 1.54) is 0 Å². The lowest BCUT2D eigenvalue weighted by molar-refractivity contribution is 0.344. The summed E-state index contributed by atoms with van der Waals surface area (Å²) in [6.45, 7) is 2.75. The van der Waals surface area contributed by atoms with Gasteiger partial charge in [0.2, 0.25) is 10.0 Å². The highest BCUT2D eigenvalue weighted by Crippen LogP contribution is 2.26. The first-order chi connectivity index (χ1) is 9.37. The fraction of sp³-hybridized carbons (Fsp3) is 0.500. The molecule has 1 N–H and O–H groups in total. The van der Waals surface area contributed by atoms with Crippen LogP contribution in [0.25, 0.3) is 0 Å². The fourth-order valence-corrected chi connectivity index (χ4v) is 4.16. The molecule has 2 rings (SSSR count). The molecule has 0 amide bonds. The van der Waals surface area contributed by atoms with Gasteiger partial charge in [-0.1, -0.05) is 6.92 Å². The van der Waals surface area contributed by atoms with Gasteiger partial charge in [0.25, 0.3) is 0 Å². The van der Waals surface area contributed by atoms with Gasteiger partial charge >= 0.3 is 0 Å².